The molecule has 4 heteroatoms. The molecule has 160 valence electrons. The highest BCUT2D eigenvalue weighted by Gasteiger charge is 2.38. The summed E-state index contributed by atoms with van der Waals surface area (Å²) >= 11 is 0. The summed E-state index contributed by atoms with van der Waals surface area (Å²) in [4.78, 5) is 4.75. The Labute approximate surface area is 187 Å². The molecule has 6 rings (SSSR count). The Balaban J connectivity index is 1.41. The molecule has 0 fully saturated rings. The zero-order valence-electron chi connectivity index (χ0n) is 18.9. The summed E-state index contributed by atoms with van der Waals surface area (Å²) in [5.74, 6) is 0. The second kappa shape index (κ2) is 6.67. The summed E-state index contributed by atoms with van der Waals surface area (Å²) in [7, 11) is 2.16. The average Bonchev–Trinajstić information content (AvgIpc) is 3.47. The van der Waals surface area contributed by atoms with E-state index in [1.54, 1.807) is 0 Å². The number of benzene rings is 3. The third-order valence-corrected chi connectivity index (χ3v) is 7.08. The molecule has 0 radical (unpaired) electrons. The Bertz CT molecular complexity index is 1500. The molecule has 1 unspecified atom stereocenters. The number of nitrogens with zero attached hydrogens (tertiary/aromatic N) is 3. The quantitative estimate of drug-likeness (QED) is 0.315. The number of fused-ring (bicyclic) bond motifs is 4. The van der Waals surface area contributed by atoms with Crippen molar-refractivity contribution in [1.29, 1.82) is 0 Å². The summed E-state index contributed by atoms with van der Waals surface area (Å²) in [5.41, 5.74) is 5.32. The third kappa shape index (κ3) is 2.56. The number of hydrogen-bond donors (Lipinski definition) is 0. The topological polar surface area (TPSA) is 24.6 Å². The van der Waals surface area contributed by atoms with Gasteiger partial charge in [0.1, 0.15) is 11.7 Å². The first-order valence-corrected chi connectivity index (χ1v) is 11.2. The lowest BCUT2D eigenvalue weighted by atomic mass is 9.97. The minimum atomic E-state index is -0.194. The lowest BCUT2D eigenvalue weighted by Crippen LogP contribution is -2.47. The van der Waals surface area contributed by atoms with Gasteiger partial charge >= 0.3 is 0 Å². The predicted octanol–water partition coefficient (Wildman–Crippen LogP) is 6.95. The second-order valence-electron chi connectivity index (χ2n) is 9.20. The molecule has 0 aliphatic carbocycles. The molecule has 0 N–H and O–H groups in total. The fourth-order valence-corrected chi connectivity index (χ4v) is 5.41. The van der Waals surface area contributed by atoms with Crippen molar-refractivity contribution in [3.05, 3.63) is 90.9 Å². The van der Waals surface area contributed by atoms with Crippen LogP contribution in [-0.4, -0.2) is 15.6 Å². The summed E-state index contributed by atoms with van der Waals surface area (Å²) in [5, 5.41) is 3.59. The number of furan rings is 1. The molecule has 5 aromatic rings. The molecule has 0 saturated carbocycles. The van der Waals surface area contributed by atoms with Crippen molar-refractivity contribution in [3.8, 4) is 0 Å². The highest BCUT2D eigenvalue weighted by atomic mass is 16.3. The van der Waals surface area contributed by atoms with E-state index in [1.807, 2.05) is 12.1 Å². The molecule has 1 atom stereocenters. The number of rotatable bonds is 3. The van der Waals surface area contributed by atoms with E-state index in [1.165, 1.54) is 16.6 Å². The molecule has 0 saturated heterocycles. The van der Waals surface area contributed by atoms with E-state index in [4.69, 9.17) is 4.42 Å². The zero-order valence-corrected chi connectivity index (χ0v) is 18.9. The van der Waals surface area contributed by atoms with Crippen molar-refractivity contribution in [2.45, 2.75) is 32.5 Å². The monoisotopic (exact) mass is 421 g/mol. The van der Waals surface area contributed by atoms with Crippen LogP contribution in [-0.2, 0) is 12.6 Å². The van der Waals surface area contributed by atoms with Gasteiger partial charge in [-0.05, 0) is 50.4 Å². The zero-order chi connectivity index (χ0) is 22.0. The standard InChI is InChI=1S/C28H27N3O/c1-19-30(24-14-9-12-22-21-11-6-8-15-25(21)32-27(22)24)16-17-31(19)28(2,3)26-18-20-10-5-7-13-23(20)29(26)4/h5-19H,1-4H3. The SMILES string of the molecule is CC1N(c2cccc3c2oc2ccccc23)C=CN1C(C)(C)c1cc2ccccc2n1C. The number of aryl methyl sites for hydroxylation is 1. The molecular weight excluding hydrogens is 394 g/mol. The maximum atomic E-state index is 6.31. The van der Waals surface area contributed by atoms with E-state index in [0.29, 0.717) is 0 Å². The van der Waals surface area contributed by atoms with Gasteiger partial charge in [0.2, 0.25) is 0 Å². The maximum Gasteiger partial charge on any atom is 0.159 e. The molecule has 32 heavy (non-hydrogen) atoms. The predicted molar refractivity (Wildman–Crippen MR) is 133 cm³/mol. The van der Waals surface area contributed by atoms with Crippen molar-refractivity contribution >= 4 is 38.5 Å². The Morgan fingerprint density at radius 1 is 0.844 bits per heavy atom. The normalized spacial score (nSPS) is 16.8. The maximum absolute atomic E-state index is 6.31. The van der Waals surface area contributed by atoms with Gasteiger partial charge in [0.15, 0.2) is 5.58 Å². The number of para-hydroxylation sites is 3. The molecule has 0 amide bonds. The van der Waals surface area contributed by atoms with Gasteiger partial charge < -0.3 is 18.8 Å². The van der Waals surface area contributed by atoms with Gasteiger partial charge in [0.05, 0.1) is 11.2 Å². The Morgan fingerprint density at radius 3 is 2.44 bits per heavy atom. The highest BCUT2D eigenvalue weighted by Crippen LogP contribution is 2.41. The van der Waals surface area contributed by atoms with Crippen LogP contribution in [0, 0.1) is 0 Å². The summed E-state index contributed by atoms with van der Waals surface area (Å²) in [6.07, 6.45) is 4.53. The van der Waals surface area contributed by atoms with Crippen LogP contribution >= 0.6 is 0 Å². The van der Waals surface area contributed by atoms with E-state index in [2.05, 4.69) is 115 Å². The van der Waals surface area contributed by atoms with Gasteiger partial charge in [0.25, 0.3) is 0 Å². The van der Waals surface area contributed by atoms with Crippen LogP contribution in [0.15, 0.2) is 89.6 Å². The van der Waals surface area contributed by atoms with Crippen LogP contribution in [0.2, 0.25) is 0 Å². The Hall–Kier alpha value is -3.66. The highest BCUT2D eigenvalue weighted by molar-refractivity contribution is 6.09. The number of hydrogen-bond acceptors (Lipinski definition) is 3. The molecule has 3 heterocycles. The van der Waals surface area contributed by atoms with Gasteiger partial charge in [-0.3, -0.25) is 0 Å². The molecule has 1 aliphatic heterocycles. The summed E-state index contributed by atoms with van der Waals surface area (Å²) in [6.45, 7) is 6.85. The van der Waals surface area contributed by atoms with Crippen LogP contribution in [0.1, 0.15) is 26.5 Å². The van der Waals surface area contributed by atoms with Gasteiger partial charge in [-0.25, -0.2) is 0 Å². The largest absolute Gasteiger partial charge is 0.454 e. The third-order valence-electron chi connectivity index (χ3n) is 7.08. The molecular formula is C28H27N3O. The molecule has 3 aromatic carbocycles. The van der Waals surface area contributed by atoms with Crippen LogP contribution in [0.4, 0.5) is 5.69 Å². The van der Waals surface area contributed by atoms with Crippen LogP contribution in [0.5, 0.6) is 0 Å². The Morgan fingerprint density at radius 2 is 1.59 bits per heavy atom. The fourth-order valence-electron chi connectivity index (χ4n) is 5.41. The van der Waals surface area contributed by atoms with E-state index in [9.17, 15) is 0 Å². The smallest absolute Gasteiger partial charge is 0.159 e. The van der Waals surface area contributed by atoms with Crippen molar-refractivity contribution in [3.63, 3.8) is 0 Å². The van der Waals surface area contributed by atoms with E-state index < -0.39 is 0 Å². The molecule has 4 nitrogen and oxygen atoms in total. The van der Waals surface area contributed by atoms with Gasteiger partial charge in [-0.1, -0.05) is 48.5 Å². The van der Waals surface area contributed by atoms with Crippen LogP contribution in [0.3, 0.4) is 0 Å². The molecule has 0 bridgehead atoms. The van der Waals surface area contributed by atoms with Crippen LogP contribution < -0.4 is 4.90 Å². The van der Waals surface area contributed by atoms with Gasteiger partial charge in [-0.15, -0.1) is 0 Å². The van der Waals surface area contributed by atoms with E-state index >= 15 is 0 Å². The van der Waals surface area contributed by atoms with Crippen molar-refractivity contribution < 1.29 is 4.42 Å². The first kappa shape index (κ1) is 19.1. The van der Waals surface area contributed by atoms with Gasteiger partial charge in [-0.2, -0.15) is 0 Å². The fraction of sp³-hybridized carbons (Fsp3) is 0.214. The van der Waals surface area contributed by atoms with E-state index in [-0.39, 0.29) is 11.7 Å². The Kier molecular flexibility index (Phi) is 3.97. The minimum absolute atomic E-state index is 0.141. The summed E-state index contributed by atoms with van der Waals surface area (Å²) < 4.78 is 8.63. The van der Waals surface area contributed by atoms with Crippen molar-refractivity contribution in [1.82, 2.24) is 9.47 Å². The van der Waals surface area contributed by atoms with Crippen LogP contribution in [0.25, 0.3) is 32.8 Å². The first-order chi connectivity index (χ1) is 15.5. The first-order valence-electron chi connectivity index (χ1n) is 11.2. The number of aromatic nitrogens is 1. The molecule has 2 aromatic heterocycles. The molecule has 1 aliphatic rings. The lowest BCUT2D eigenvalue weighted by molar-refractivity contribution is 0.145. The van der Waals surface area contributed by atoms with Crippen molar-refractivity contribution in [2.75, 3.05) is 4.90 Å². The van der Waals surface area contributed by atoms with E-state index in [0.717, 1.165) is 27.6 Å². The van der Waals surface area contributed by atoms with Gasteiger partial charge in [0, 0.05) is 41.4 Å². The summed E-state index contributed by atoms with van der Waals surface area (Å²) in [6, 6.07) is 25.6. The molecule has 0 spiro atoms. The minimum Gasteiger partial charge on any atom is -0.454 e. The lowest BCUT2D eigenvalue weighted by Gasteiger charge is -2.41. The number of anilines is 1. The average molecular weight is 422 g/mol. The van der Waals surface area contributed by atoms with Crippen molar-refractivity contribution in [2.24, 2.45) is 7.05 Å². The second-order valence-corrected chi connectivity index (χ2v) is 9.20.